The van der Waals surface area contributed by atoms with Gasteiger partial charge in [-0.2, -0.15) is 28.4 Å². The maximum atomic E-state index is 17.1. The van der Waals surface area contributed by atoms with Crippen LogP contribution in [0.4, 0.5) is 41.6 Å². The summed E-state index contributed by atoms with van der Waals surface area (Å²) in [4.78, 5) is 25.8. The number of halogens is 7. The average molecular weight is 736 g/mol. The molecule has 4 atom stereocenters. The first kappa shape index (κ1) is 35.0. The molecule has 0 aliphatic carbocycles. The average Bonchev–Trinajstić information content (AvgIpc) is 3.83. The van der Waals surface area contributed by atoms with Crippen molar-refractivity contribution in [1.29, 1.82) is 5.26 Å². The predicted octanol–water partition coefficient (Wildman–Crippen LogP) is 6.61. The second-order valence-electron chi connectivity index (χ2n) is 13.4. The molecule has 3 fully saturated rings. The number of nitrogens with zero attached hydrogens (tertiary/aromatic N) is 6. The molecule has 4 aromatic rings. The van der Waals surface area contributed by atoms with Crippen LogP contribution in [0.15, 0.2) is 18.2 Å². The van der Waals surface area contributed by atoms with E-state index in [9.17, 15) is 36.4 Å². The molecule has 2 N–H and O–H groups in total. The molecule has 3 aliphatic heterocycles. The second kappa shape index (κ2) is 12.7. The number of hydrogen-bond acceptors (Lipinski definition) is 9. The lowest BCUT2D eigenvalue weighted by atomic mass is 9.92. The molecule has 270 valence electrons. The van der Waals surface area contributed by atoms with Gasteiger partial charge in [0.25, 0.3) is 5.91 Å². The van der Waals surface area contributed by atoms with Gasteiger partial charge in [-0.3, -0.25) is 9.69 Å². The van der Waals surface area contributed by atoms with E-state index in [1.165, 1.54) is 16.8 Å². The number of ether oxygens (including phenoxy) is 1. The fourth-order valence-electron chi connectivity index (χ4n) is 8.19. The number of nitrogen functional groups attached to an aromatic ring is 1. The van der Waals surface area contributed by atoms with Crippen LogP contribution in [0, 0.1) is 23.0 Å². The minimum absolute atomic E-state index is 0.0614. The highest BCUT2D eigenvalue weighted by Crippen LogP contribution is 2.48. The third-order valence-corrected chi connectivity index (χ3v) is 11.6. The lowest BCUT2D eigenvalue weighted by molar-refractivity contribution is -0.137. The summed E-state index contributed by atoms with van der Waals surface area (Å²) in [6.45, 7) is 1.44. The molecule has 3 aliphatic rings. The molecule has 0 spiro atoms. The Labute approximate surface area is 291 Å². The van der Waals surface area contributed by atoms with Gasteiger partial charge in [0.05, 0.1) is 27.4 Å². The number of thiophene rings is 1. The van der Waals surface area contributed by atoms with E-state index in [0.29, 0.717) is 36.8 Å². The van der Waals surface area contributed by atoms with Crippen molar-refractivity contribution in [2.75, 3.05) is 50.6 Å². The van der Waals surface area contributed by atoms with E-state index in [-0.39, 0.29) is 64.0 Å². The van der Waals surface area contributed by atoms with Gasteiger partial charge in [0, 0.05) is 48.9 Å². The number of likely N-dealkylation sites (N-methyl/N-ethyl adjacent to an activating group) is 1. The summed E-state index contributed by atoms with van der Waals surface area (Å²) in [5, 5.41) is 9.06. The number of rotatable bonds is 7. The molecule has 17 heteroatoms. The van der Waals surface area contributed by atoms with E-state index in [1.54, 1.807) is 13.0 Å². The molecule has 3 saturated heterocycles. The van der Waals surface area contributed by atoms with Gasteiger partial charge in [-0.15, -0.1) is 11.3 Å². The predicted molar refractivity (Wildman–Crippen MR) is 177 cm³/mol. The van der Waals surface area contributed by atoms with E-state index < -0.39 is 76.4 Å². The van der Waals surface area contributed by atoms with Crippen LogP contribution in [0.1, 0.15) is 43.7 Å². The molecule has 2 aromatic carbocycles. The Morgan fingerprint density at radius 2 is 2.02 bits per heavy atom. The van der Waals surface area contributed by atoms with Gasteiger partial charge < -0.3 is 20.3 Å². The van der Waals surface area contributed by atoms with Gasteiger partial charge in [-0.25, -0.2) is 17.6 Å². The van der Waals surface area contributed by atoms with Gasteiger partial charge >= 0.3 is 12.2 Å². The molecular weight excluding hydrogens is 703 g/mol. The van der Waals surface area contributed by atoms with E-state index in [1.807, 2.05) is 4.90 Å². The van der Waals surface area contributed by atoms with Gasteiger partial charge in [0.1, 0.15) is 41.0 Å². The Balaban J connectivity index is 1.45. The number of alkyl halides is 5. The molecule has 2 aromatic heterocycles. The first-order valence-corrected chi connectivity index (χ1v) is 17.1. The summed E-state index contributed by atoms with van der Waals surface area (Å²) in [6.07, 6.45) is -4.30. The van der Waals surface area contributed by atoms with E-state index in [2.05, 4.69) is 9.97 Å². The van der Waals surface area contributed by atoms with Crippen LogP contribution in [0.2, 0.25) is 0 Å². The van der Waals surface area contributed by atoms with Crippen LogP contribution in [0.25, 0.3) is 32.1 Å². The first-order chi connectivity index (χ1) is 24.2. The summed E-state index contributed by atoms with van der Waals surface area (Å²) in [6, 6.07) is 2.81. The number of amides is 1. The Hall–Kier alpha value is -4.43. The maximum absolute atomic E-state index is 17.1. The van der Waals surface area contributed by atoms with E-state index in [4.69, 9.17) is 10.5 Å². The number of benzene rings is 2. The molecule has 5 heterocycles. The van der Waals surface area contributed by atoms with Crippen LogP contribution < -0.4 is 15.4 Å². The van der Waals surface area contributed by atoms with Crippen LogP contribution >= 0.6 is 11.3 Å². The highest BCUT2D eigenvalue weighted by molar-refractivity contribution is 7.23. The topological polar surface area (TPSA) is 112 Å². The lowest BCUT2D eigenvalue weighted by Crippen LogP contribution is -2.45. The normalized spacial score (nSPS) is 23.7. The molecule has 1 amide bonds. The molecule has 7 rings (SSSR count). The molecular formula is C34H32F7N7O2S. The number of fused-ring (bicyclic) bond motifs is 3. The fraction of sp³-hybridized carbons (Fsp3) is 0.471. The third kappa shape index (κ3) is 5.67. The monoisotopic (exact) mass is 735 g/mol. The zero-order chi connectivity index (χ0) is 36.6. The Bertz CT molecular complexity index is 2100. The Morgan fingerprint density at radius 1 is 1.25 bits per heavy atom. The smallest absolute Gasteiger partial charge is 0.417 e. The molecule has 51 heavy (non-hydrogen) atoms. The van der Waals surface area contributed by atoms with E-state index in [0.717, 1.165) is 18.6 Å². The van der Waals surface area contributed by atoms with Crippen molar-refractivity contribution in [3.8, 4) is 23.2 Å². The number of hydrogen-bond donors (Lipinski definition) is 1. The highest BCUT2D eigenvalue weighted by Gasteiger charge is 2.49. The second-order valence-corrected chi connectivity index (χ2v) is 14.4. The van der Waals surface area contributed by atoms with Crippen LogP contribution in [0.3, 0.4) is 0 Å². The summed E-state index contributed by atoms with van der Waals surface area (Å²) in [5.41, 5.74) is 1.61. The molecule has 9 nitrogen and oxygen atoms in total. The fourth-order valence-corrected chi connectivity index (χ4v) is 9.14. The zero-order valence-electron chi connectivity index (χ0n) is 27.5. The van der Waals surface area contributed by atoms with E-state index >= 15 is 4.39 Å². The largest absolute Gasteiger partial charge is 0.461 e. The van der Waals surface area contributed by atoms with Crippen molar-refractivity contribution >= 4 is 49.1 Å². The minimum Gasteiger partial charge on any atom is -0.461 e. The summed E-state index contributed by atoms with van der Waals surface area (Å²) >= 11 is 0.656. The van der Waals surface area contributed by atoms with Gasteiger partial charge in [0.2, 0.25) is 0 Å². The molecule has 0 bridgehead atoms. The van der Waals surface area contributed by atoms with Crippen LogP contribution in [-0.4, -0.2) is 89.4 Å². The quantitative estimate of drug-likeness (QED) is 0.211. The Morgan fingerprint density at radius 3 is 2.73 bits per heavy atom. The van der Waals surface area contributed by atoms with Crippen molar-refractivity contribution in [2.24, 2.45) is 0 Å². The molecule has 0 radical (unpaired) electrons. The maximum Gasteiger partial charge on any atom is 0.417 e. The number of anilines is 2. The van der Waals surface area contributed by atoms with Crippen molar-refractivity contribution in [3.05, 3.63) is 41.0 Å². The standard InChI is InChI=1S/C34H32F7N7O2S/c1-16-23(6-9-48(16)24(49)12-35)46(2)31-19-10-21(34(39,40)41)26(18-4-5-22(37)29-25(18)20(13-42)30(43)51-29)27(38)28(19)44-32(45-31)50-15-33-7-3-8-47(33)14-17(36)11-33/h4-5,10,16-17,23H,3,6-9,11-12,14-15,43H2,1-2H3. The number of carbonyl (C=O) groups is 1. The third-order valence-electron chi connectivity index (χ3n) is 10.6. The zero-order valence-corrected chi connectivity index (χ0v) is 28.3. The number of likely N-dealkylation sites (tertiary alicyclic amines) is 1. The van der Waals surface area contributed by atoms with Crippen molar-refractivity contribution in [1.82, 2.24) is 19.8 Å². The molecule has 0 saturated carbocycles. The van der Waals surface area contributed by atoms with Crippen LogP contribution in [-0.2, 0) is 11.0 Å². The SMILES string of the molecule is CC1C(N(C)c2nc(OCC34CCCN3CC(F)C4)nc3c(F)c(-c4ccc(F)c5sc(N)c(C#N)c45)c(C(F)(F)F)cc23)CCN1C(=O)CF. The summed E-state index contributed by atoms with van der Waals surface area (Å²) in [7, 11) is 1.52. The summed E-state index contributed by atoms with van der Waals surface area (Å²) < 4.78 is 111. The van der Waals surface area contributed by atoms with Crippen molar-refractivity contribution < 1.29 is 40.3 Å². The van der Waals surface area contributed by atoms with Gasteiger partial charge in [0.15, 0.2) is 12.5 Å². The van der Waals surface area contributed by atoms with Crippen LogP contribution in [0.5, 0.6) is 6.01 Å². The van der Waals surface area contributed by atoms with Gasteiger partial charge in [-0.05, 0) is 50.4 Å². The number of nitriles is 1. The number of aromatic nitrogens is 2. The first-order valence-electron chi connectivity index (χ1n) is 16.3. The number of nitrogens with two attached hydrogens (primary N) is 1. The highest BCUT2D eigenvalue weighted by atomic mass is 32.1. The number of carbonyl (C=O) groups excluding carboxylic acids is 1. The van der Waals surface area contributed by atoms with Crippen molar-refractivity contribution in [2.45, 2.75) is 62.6 Å². The molecule has 4 unspecified atom stereocenters. The lowest BCUT2D eigenvalue weighted by Gasteiger charge is -2.33. The van der Waals surface area contributed by atoms with Crippen molar-refractivity contribution in [3.63, 3.8) is 0 Å². The van der Waals surface area contributed by atoms with Gasteiger partial charge in [-0.1, -0.05) is 6.07 Å². The minimum atomic E-state index is -5.16. The Kier molecular flexibility index (Phi) is 8.68. The summed E-state index contributed by atoms with van der Waals surface area (Å²) in [5.74, 6) is -3.17.